The van der Waals surface area contributed by atoms with Gasteiger partial charge in [0, 0.05) is 5.56 Å². The lowest BCUT2D eigenvalue weighted by Crippen LogP contribution is -1.78. The minimum Gasteiger partial charge on any atom is -0.444 e. The van der Waals surface area contributed by atoms with Gasteiger partial charge in [0.15, 0.2) is 10.4 Å². The molecule has 0 amide bonds. The fourth-order valence-corrected chi connectivity index (χ4v) is 1.77. The average molecular weight is 309 g/mol. The third-order valence-corrected chi connectivity index (χ3v) is 2.73. The predicted molar refractivity (Wildman–Crippen MR) is 65.1 cm³/mol. The van der Waals surface area contributed by atoms with Gasteiger partial charge >= 0.3 is 0 Å². The first-order valence-electron chi connectivity index (χ1n) is 5.07. The predicted octanol–water partition coefficient (Wildman–Crippen LogP) is 3.90. The van der Waals surface area contributed by atoms with Crippen molar-refractivity contribution in [2.24, 2.45) is 0 Å². The molecule has 0 bridgehead atoms. The Morgan fingerprint density at radius 2 is 1.61 bits per heavy atom. The summed E-state index contributed by atoms with van der Waals surface area (Å²) in [4.78, 5) is 0. The second kappa shape index (κ2) is 4.38. The molecule has 0 fully saturated rings. The van der Waals surface area contributed by atoms with E-state index in [9.17, 15) is 4.39 Å². The summed E-state index contributed by atoms with van der Waals surface area (Å²) in [5, 5.41) is 7.76. The monoisotopic (exact) mass is 308 g/mol. The van der Waals surface area contributed by atoms with Gasteiger partial charge in [-0.1, -0.05) is 0 Å². The van der Waals surface area contributed by atoms with Gasteiger partial charge in [0.25, 0.3) is 5.89 Å². The Hall–Kier alpha value is -1.95. The summed E-state index contributed by atoms with van der Waals surface area (Å²) >= 11 is 3.19. The van der Waals surface area contributed by atoms with Gasteiger partial charge in [0.2, 0.25) is 5.89 Å². The van der Waals surface area contributed by atoms with E-state index in [0.717, 1.165) is 0 Å². The van der Waals surface area contributed by atoms with Gasteiger partial charge in [0.05, 0.1) is 0 Å². The van der Waals surface area contributed by atoms with Crippen LogP contribution in [-0.4, -0.2) is 10.2 Å². The van der Waals surface area contributed by atoms with Gasteiger partial charge in [0.1, 0.15) is 5.82 Å². The third kappa shape index (κ3) is 2.06. The Balaban J connectivity index is 1.96. The van der Waals surface area contributed by atoms with Crippen LogP contribution in [0.25, 0.3) is 23.1 Å². The third-order valence-electron chi connectivity index (χ3n) is 2.30. The SMILES string of the molecule is Fc1ccc(-c2nnc(-c3ccc(Br)o3)o2)cc1. The van der Waals surface area contributed by atoms with Crippen molar-refractivity contribution in [1.29, 1.82) is 0 Å². The topological polar surface area (TPSA) is 52.1 Å². The van der Waals surface area contributed by atoms with Crippen molar-refractivity contribution >= 4 is 15.9 Å². The largest absolute Gasteiger partial charge is 0.444 e. The van der Waals surface area contributed by atoms with E-state index in [1.807, 2.05) is 0 Å². The molecule has 2 aromatic heterocycles. The fourth-order valence-electron chi connectivity index (χ4n) is 1.46. The normalized spacial score (nSPS) is 10.8. The zero-order valence-corrected chi connectivity index (χ0v) is 10.5. The van der Waals surface area contributed by atoms with Gasteiger partial charge in [-0.25, -0.2) is 4.39 Å². The van der Waals surface area contributed by atoms with Crippen LogP contribution in [0.3, 0.4) is 0 Å². The number of halogens is 2. The zero-order valence-electron chi connectivity index (χ0n) is 8.93. The molecule has 90 valence electrons. The maximum atomic E-state index is 12.8. The Morgan fingerprint density at radius 1 is 0.889 bits per heavy atom. The summed E-state index contributed by atoms with van der Waals surface area (Å²) in [7, 11) is 0. The van der Waals surface area contributed by atoms with Gasteiger partial charge < -0.3 is 8.83 Å². The van der Waals surface area contributed by atoms with Crippen LogP contribution in [0.2, 0.25) is 0 Å². The van der Waals surface area contributed by atoms with E-state index in [4.69, 9.17) is 8.83 Å². The quantitative estimate of drug-likeness (QED) is 0.720. The molecule has 0 N–H and O–H groups in total. The molecule has 0 radical (unpaired) electrons. The molecule has 1 aromatic carbocycles. The lowest BCUT2D eigenvalue weighted by molar-refractivity contribution is 0.509. The Labute approximate surface area is 110 Å². The van der Waals surface area contributed by atoms with Crippen molar-refractivity contribution in [1.82, 2.24) is 10.2 Å². The van der Waals surface area contributed by atoms with E-state index in [1.165, 1.54) is 12.1 Å². The number of hydrogen-bond donors (Lipinski definition) is 0. The van der Waals surface area contributed by atoms with E-state index < -0.39 is 0 Å². The van der Waals surface area contributed by atoms with Crippen molar-refractivity contribution in [2.45, 2.75) is 0 Å². The van der Waals surface area contributed by atoms with Gasteiger partial charge in [-0.2, -0.15) is 0 Å². The summed E-state index contributed by atoms with van der Waals surface area (Å²) in [5.74, 6) is 0.758. The number of benzene rings is 1. The van der Waals surface area contributed by atoms with Crippen molar-refractivity contribution in [3.63, 3.8) is 0 Å². The molecule has 0 aliphatic rings. The summed E-state index contributed by atoms with van der Waals surface area (Å²) in [6, 6.07) is 9.27. The molecule has 3 rings (SSSR count). The average Bonchev–Trinajstić information content (AvgIpc) is 2.98. The molecule has 4 nitrogen and oxygen atoms in total. The van der Waals surface area contributed by atoms with E-state index in [1.54, 1.807) is 24.3 Å². The minimum absolute atomic E-state index is 0.278. The van der Waals surface area contributed by atoms with Crippen molar-refractivity contribution in [3.05, 3.63) is 46.9 Å². The molecule has 3 aromatic rings. The molecule has 18 heavy (non-hydrogen) atoms. The number of aromatic nitrogens is 2. The minimum atomic E-state index is -0.312. The first-order valence-corrected chi connectivity index (χ1v) is 5.87. The molecule has 0 saturated heterocycles. The van der Waals surface area contributed by atoms with Crippen LogP contribution in [0.4, 0.5) is 4.39 Å². The van der Waals surface area contributed by atoms with Crippen LogP contribution >= 0.6 is 15.9 Å². The van der Waals surface area contributed by atoms with E-state index in [2.05, 4.69) is 26.1 Å². The standard InChI is InChI=1S/C12H6BrFN2O2/c13-10-6-5-9(17-10)12-16-15-11(18-12)7-1-3-8(14)4-2-7/h1-6H. The highest BCUT2D eigenvalue weighted by Gasteiger charge is 2.13. The van der Waals surface area contributed by atoms with Gasteiger partial charge in [-0.15, -0.1) is 10.2 Å². The zero-order chi connectivity index (χ0) is 12.5. The lowest BCUT2D eigenvalue weighted by Gasteiger charge is -1.93. The molecule has 0 unspecified atom stereocenters. The van der Waals surface area contributed by atoms with Crippen molar-refractivity contribution in [2.75, 3.05) is 0 Å². The molecule has 0 atom stereocenters. The molecular weight excluding hydrogens is 303 g/mol. The highest BCUT2D eigenvalue weighted by molar-refractivity contribution is 9.10. The number of furan rings is 1. The first-order chi connectivity index (χ1) is 8.72. The lowest BCUT2D eigenvalue weighted by atomic mass is 10.2. The smallest absolute Gasteiger partial charge is 0.283 e. The Kier molecular flexibility index (Phi) is 2.71. The summed E-state index contributed by atoms with van der Waals surface area (Å²) in [6.45, 7) is 0. The maximum Gasteiger partial charge on any atom is 0.283 e. The summed E-state index contributed by atoms with van der Waals surface area (Å²) in [6.07, 6.45) is 0. The van der Waals surface area contributed by atoms with Crippen molar-refractivity contribution < 1.29 is 13.2 Å². The van der Waals surface area contributed by atoms with E-state index >= 15 is 0 Å². The van der Waals surface area contributed by atoms with Gasteiger partial charge in [-0.05, 0) is 52.3 Å². The number of nitrogens with zero attached hydrogens (tertiary/aromatic N) is 2. The maximum absolute atomic E-state index is 12.8. The molecular formula is C12H6BrFN2O2. The number of rotatable bonds is 2. The van der Waals surface area contributed by atoms with Crippen LogP contribution in [0, 0.1) is 5.82 Å². The summed E-state index contributed by atoms with van der Waals surface area (Å²) < 4.78 is 24.1. The fraction of sp³-hybridized carbons (Fsp3) is 0. The van der Waals surface area contributed by atoms with Crippen LogP contribution in [0.5, 0.6) is 0 Å². The van der Waals surface area contributed by atoms with E-state index in [0.29, 0.717) is 21.9 Å². The van der Waals surface area contributed by atoms with Crippen molar-refractivity contribution in [3.8, 4) is 23.1 Å². The molecule has 0 spiro atoms. The summed E-state index contributed by atoms with van der Waals surface area (Å²) in [5.41, 5.74) is 0.653. The van der Waals surface area contributed by atoms with E-state index in [-0.39, 0.29) is 11.7 Å². The first kappa shape index (κ1) is 11.2. The van der Waals surface area contributed by atoms with Crippen LogP contribution in [-0.2, 0) is 0 Å². The molecule has 0 aliphatic heterocycles. The molecule has 0 aliphatic carbocycles. The second-order valence-corrected chi connectivity index (χ2v) is 4.30. The second-order valence-electron chi connectivity index (χ2n) is 3.52. The van der Waals surface area contributed by atoms with Crippen LogP contribution < -0.4 is 0 Å². The van der Waals surface area contributed by atoms with Gasteiger partial charge in [-0.3, -0.25) is 0 Å². The molecule has 6 heteroatoms. The molecule has 2 heterocycles. The Bertz CT molecular complexity index is 675. The molecule has 0 saturated carbocycles. The highest BCUT2D eigenvalue weighted by atomic mass is 79.9. The number of hydrogen-bond acceptors (Lipinski definition) is 4. The van der Waals surface area contributed by atoms with Crippen LogP contribution in [0.15, 0.2) is 49.9 Å². The highest BCUT2D eigenvalue weighted by Crippen LogP contribution is 2.26. The van der Waals surface area contributed by atoms with Crippen LogP contribution in [0.1, 0.15) is 0 Å². The Morgan fingerprint density at radius 3 is 2.28 bits per heavy atom.